The van der Waals surface area contributed by atoms with Gasteiger partial charge in [0.15, 0.2) is 5.65 Å². The van der Waals surface area contributed by atoms with Crippen molar-refractivity contribution in [2.75, 3.05) is 26.2 Å². The van der Waals surface area contributed by atoms with Crippen molar-refractivity contribution in [1.29, 1.82) is 0 Å². The van der Waals surface area contributed by atoms with Crippen LogP contribution in [0.1, 0.15) is 47.8 Å². The number of halogens is 5. The molecular weight excluding hydrogens is 894 g/mol. The number of fused-ring (bicyclic) bond motifs is 2. The summed E-state index contributed by atoms with van der Waals surface area (Å²) in [4.78, 5) is 52.1. The summed E-state index contributed by atoms with van der Waals surface area (Å²) < 4.78 is 32.2. The summed E-state index contributed by atoms with van der Waals surface area (Å²) >= 11 is 0. The molecule has 16 heteroatoms. The molecule has 2 aliphatic rings. The maximum absolute atomic E-state index is 14.5. The minimum Gasteiger partial charge on any atom is -0.348 e. The lowest BCUT2D eigenvalue weighted by Gasteiger charge is -2.30. The van der Waals surface area contributed by atoms with Crippen LogP contribution in [0.5, 0.6) is 0 Å². The number of pyridine rings is 2. The van der Waals surface area contributed by atoms with Crippen LogP contribution < -0.4 is 21.9 Å². The molecule has 11 nitrogen and oxygen atoms in total. The number of carbonyl (C=O) groups is 1. The normalized spacial score (nSPS) is 17.3. The molecular formula is C38H39Br3F2N8O3. The Morgan fingerprint density at radius 2 is 1.59 bits per heavy atom. The monoisotopic (exact) mass is 930 g/mol. The van der Waals surface area contributed by atoms with Gasteiger partial charge in [-0.25, -0.2) is 28.1 Å². The van der Waals surface area contributed by atoms with Gasteiger partial charge >= 0.3 is 5.69 Å². The number of carbonyl (C=O) groups excluding carboxylic acids is 1. The van der Waals surface area contributed by atoms with Crippen molar-refractivity contribution in [2.24, 2.45) is 0 Å². The van der Waals surface area contributed by atoms with Gasteiger partial charge in [0.1, 0.15) is 23.0 Å². The molecule has 0 radical (unpaired) electrons. The van der Waals surface area contributed by atoms with Crippen LogP contribution in [-0.2, 0) is 6.54 Å². The zero-order chi connectivity index (χ0) is 35.1. The molecule has 1 saturated carbocycles. The van der Waals surface area contributed by atoms with Gasteiger partial charge < -0.3 is 15.0 Å². The third-order valence-corrected chi connectivity index (χ3v) is 9.94. The molecule has 0 unspecified atom stereocenters. The van der Waals surface area contributed by atoms with Crippen LogP contribution in [0.25, 0.3) is 33.5 Å². The van der Waals surface area contributed by atoms with E-state index in [-0.39, 0.29) is 79.6 Å². The van der Waals surface area contributed by atoms with Crippen LogP contribution in [-0.4, -0.2) is 66.5 Å². The molecule has 8 rings (SSSR count). The predicted octanol–water partition coefficient (Wildman–Crippen LogP) is 6.19. The maximum atomic E-state index is 14.5. The maximum Gasteiger partial charge on any atom is 0.337 e. The van der Waals surface area contributed by atoms with Gasteiger partial charge in [0, 0.05) is 57.2 Å². The SMILES string of the molecule is Br.Br.Br.O=C(NC1CCC(n2c(=O)c3cc(F)cnc3n(-c3cccc(-c4ccc(CN5CCNCC5)cc4)c3)c2=O)CC1)c1cn2cc(F)ccc2n1. The molecule has 2 N–H and O–H groups in total. The quantitative estimate of drug-likeness (QED) is 0.196. The molecule has 54 heavy (non-hydrogen) atoms. The topological polar surface area (TPSA) is 119 Å². The molecule has 1 aliphatic heterocycles. The molecule has 1 aliphatic carbocycles. The zero-order valence-corrected chi connectivity index (χ0v) is 34.1. The minimum atomic E-state index is -0.674. The van der Waals surface area contributed by atoms with E-state index in [1.54, 1.807) is 6.07 Å². The summed E-state index contributed by atoms with van der Waals surface area (Å²) in [5, 5.41) is 6.38. The zero-order valence-electron chi connectivity index (χ0n) is 29.0. The van der Waals surface area contributed by atoms with Gasteiger partial charge in [0.05, 0.1) is 17.3 Å². The van der Waals surface area contributed by atoms with E-state index in [4.69, 9.17) is 0 Å². The summed E-state index contributed by atoms with van der Waals surface area (Å²) in [7, 11) is 0. The van der Waals surface area contributed by atoms with E-state index in [0.29, 0.717) is 37.0 Å². The highest BCUT2D eigenvalue weighted by molar-refractivity contribution is 8.93. The Hall–Kier alpha value is -4.09. The molecule has 5 heterocycles. The van der Waals surface area contributed by atoms with Crippen molar-refractivity contribution < 1.29 is 13.6 Å². The van der Waals surface area contributed by atoms with Crippen molar-refractivity contribution >= 4 is 73.5 Å². The number of aromatic nitrogens is 5. The van der Waals surface area contributed by atoms with E-state index in [1.165, 1.54) is 43.6 Å². The first-order chi connectivity index (χ1) is 24.8. The van der Waals surface area contributed by atoms with Crippen LogP contribution in [0.15, 0.2) is 94.9 Å². The molecule has 6 aromatic rings. The number of imidazole rings is 1. The van der Waals surface area contributed by atoms with E-state index in [0.717, 1.165) is 56.1 Å². The standard InChI is InChI=1S/C38H36F2N8O3.3BrH/c39-27-8-13-34-44-33(23-46(34)22-27)36(49)43-29-9-11-30(12-10-29)48-37(50)32-19-28(40)20-42-35(32)47(38(48)51)31-3-1-2-26(18-31)25-6-4-24(5-7-25)21-45-16-14-41-15-17-45;;;/h1-8,13,18-20,22-23,29-30,41H,9-12,14-17,21H2,(H,43,49);3*1H. The first-order valence-electron chi connectivity index (χ1n) is 17.2. The van der Waals surface area contributed by atoms with Crippen molar-refractivity contribution in [3.63, 3.8) is 0 Å². The Bertz CT molecular complexity index is 2390. The van der Waals surface area contributed by atoms with Crippen molar-refractivity contribution in [1.82, 2.24) is 39.0 Å². The number of nitrogens with zero attached hydrogens (tertiary/aromatic N) is 6. The fourth-order valence-corrected chi connectivity index (χ4v) is 7.30. The smallest absolute Gasteiger partial charge is 0.337 e. The van der Waals surface area contributed by atoms with Crippen LogP contribution in [0.4, 0.5) is 8.78 Å². The van der Waals surface area contributed by atoms with E-state index in [2.05, 4.69) is 49.8 Å². The Morgan fingerprint density at radius 1 is 0.852 bits per heavy atom. The lowest BCUT2D eigenvalue weighted by atomic mass is 9.90. The lowest BCUT2D eigenvalue weighted by Crippen LogP contribution is -2.45. The van der Waals surface area contributed by atoms with Crippen molar-refractivity contribution in [3.8, 4) is 16.8 Å². The van der Waals surface area contributed by atoms with Gasteiger partial charge in [0.2, 0.25) is 0 Å². The number of piperazine rings is 1. The lowest BCUT2D eigenvalue weighted by molar-refractivity contribution is 0.0917. The predicted molar refractivity (Wildman–Crippen MR) is 220 cm³/mol. The Labute approximate surface area is 340 Å². The van der Waals surface area contributed by atoms with Gasteiger partial charge in [-0.15, -0.1) is 50.9 Å². The van der Waals surface area contributed by atoms with Gasteiger partial charge in [-0.1, -0.05) is 36.4 Å². The molecule has 1 saturated heterocycles. The number of hydrogen-bond acceptors (Lipinski definition) is 7. The fraction of sp³-hybridized carbons (Fsp3) is 0.289. The van der Waals surface area contributed by atoms with Gasteiger partial charge in [0.25, 0.3) is 11.5 Å². The summed E-state index contributed by atoms with van der Waals surface area (Å²) in [5.74, 6) is -1.50. The Kier molecular flexibility index (Phi) is 13.4. The largest absolute Gasteiger partial charge is 0.348 e. The third kappa shape index (κ3) is 8.42. The van der Waals surface area contributed by atoms with Crippen LogP contribution in [0.3, 0.4) is 0 Å². The van der Waals surface area contributed by atoms with E-state index >= 15 is 0 Å². The molecule has 1 amide bonds. The number of benzene rings is 2. The number of nitrogens with one attached hydrogen (secondary N) is 2. The van der Waals surface area contributed by atoms with Crippen molar-refractivity contribution in [3.05, 3.63) is 129 Å². The second-order valence-corrected chi connectivity index (χ2v) is 13.3. The first kappa shape index (κ1) is 41.1. The molecule has 2 aromatic carbocycles. The van der Waals surface area contributed by atoms with E-state index in [9.17, 15) is 23.2 Å². The average Bonchev–Trinajstić information content (AvgIpc) is 3.57. The molecule has 0 atom stereocenters. The van der Waals surface area contributed by atoms with Gasteiger partial charge in [-0.3, -0.25) is 19.1 Å². The van der Waals surface area contributed by atoms with Gasteiger partial charge in [-0.2, -0.15) is 0 Å². The fourth-order valence-electron chi connectivity index (χ4n) is 7.30. The van der Waals surface area contributed by atoms with Gasteiger partial charge in [-0.05, 0) is 72.7 Å². The highest BCUT2D eigenvalue weighted by atomic mass is 79.9. The third-order valence-electron chi connectivity index (χ3n) is 9.94. The van der Waals surface area contributed by atoms with Crippen LogP contribution in [0.2, 0.25) is 0 Å². The molecule has 284 valence electrons. The molecule has 4 aromatic heterocycles. The minimum absolute atomic E-state index is 0. The Balaban J connectivity index is 0.00000187. The van der Waals surface area contributed by atoms with Crippen LogP contribution >= 0.6 is 50.9 Å². The summed E-state index contributed by atoms with van der Waals surface area (Å²) in [6, 6.07) is 19.1. The summed E-state index contributed by atoms with van der Waals surface area (Å²) in [6.07, 6.45) is 5.62. The Morgan fingerprint density at radius 3 is 2.33 bits per heavy atom. The second-order valence-electron chi connectivity index (χ2n) is 13.3. The van der Waals surface area contributed by atoms with Crippen molar-refractivity contribution in [2.45, 2.75) is 44.3 Å². The second kappa shape index (κ2) is 17.6. The number of amides is 1. The molecule has 0 spiro atoms. The number of hydrogen-bond donors (Lipinski definition) is 2. The average molecular weight is 933 g/mol. The highest BCUT2D eigenvalue weighted by Crippen LogP contribution is 2.29. The highest BCUT2D eigenvalue weighted by Gasteiger charge is 2.29. The number of rotatable bonds is 7. The summed E-state index contributed by atoms with van der Waals surface area (Å²) in [5.41, 5.74) is 3.13. The van der Waals surface area contributed by atoms with E-state index in [1.807, 2.05) is 18.2 Å². The van der Waals surface area contributed by atoms with Crippen LogP contribution in [0, 0.1) is 11.6 Å². The molecule has 2 fully saturated rings. The molecule has 0 bridgehead atoms. The first-order valence-corrected chi connectivity index (χ1v) is 17.2. The summed E-state index contributed by atoms with van der Waals surface area (Å²) in [6.45, 7) is 4.88. The van der Waals surface area contributed by atoms with E-state index < -0.39 is 28.9 Å².